The monoisotopic (exact) mass is 300 g/mol. The fraction of sp³-hybridized carbons (Fsp3) is 0.556. The van der Waals surface area contributed by atoms with E-state index in [2.05, 4.69) is 59.3 Å². The van der Waals surface area contributed by atoms with E-state index in [1.165, 1.54) is 5.56 Å². The second-order valence-corrected chi connectivity index (χ2v) is 6.49. The summed E-state index contributed by atoms with van der Waals surface area (Å²) in [6.45, 7) is 7.40. The first-order chi connectivity index (χ1) is 10.6. The van der Waals surface area contributed by atoms with Crippen molar-refractivity contribution < 1.29 is 0 Å². The number of rotatable bonds is 6. The predicted molar refractivity (Wildman–Crippen MR) is 94.1 cm³/mol. The average molecular weight is 300 g/mol. The van der Waals surface area contributed by atoms with Crippen LogP contribution in [0.3, 0.4) is 0 Å². The molecule has 0 aromatic heterocycles. The maximum atomic E-state index is 5.93. The third-order valence-electron chi connectivity index (χ3n) is 3.89. The first-order valence-electron chi connectivity index (χ1n) is 8.27. The van der Waals surface area contributed by atoms with Crippen molar-refractivity contribution in [2.24, 2.45) is 21.9 Å². The van der Waals surface area contributed by atoms with E-state index in [0.717, 1.165) is 51.0 Å². The Morgan fingerprint density at radius 1 is 1.27 bits per heavy atom. The molecule has 0 atom stereocenters. The number of amidine groups is 1. The smallest absolute Gasteiger partial charge is 0.122 e. The molecule has 1 aliphatic heterocycles. The van der Waals surface area contributed by atoms with E-state index in [-0.39, 0.29) is 0 Å². The van der Waals surface area contributed by atoms with Crippen molar-refractivity contribution >= 4 is 11.5 Å². The van der Waals surface area contributed by atoms with Crippen LogP contribution in [0.5, 0.6) is 0 Å². The van der Waals surface area contributed by atoms with Crippen molar-refractivity contribution in [1.29, 1.82) is 0 Å². The standard InChI is InChI=1S/C18H28N4/c1-15(2)10-11-18(19)21-20-17-9-6-12-22(14-17)13-16-7-4-3-5-8-16/h3-5,7-8,15H,6,9-14H2,1-2H3,(H2,19,21)/b20-17-. The lowest BCUT2D eigenvalue weighted by Crippen LogP contribution is -2.35. The molecule has 1 saturated heterocycles. The molecule has 2 N–H and O–H groups in total. The van der Waals surface area contributed by atoms with E-state index >= 15 is 0 Å². The second kappa shape index (κ2) is 8.69. The molecule has 0 spiro atoms. The summed E-state index contributed by atoms with van der Waals surface area (Å²) in [5, 5.41) is 8.61. The fourth-order valence-corrected chi connectivity index (χ4v) is 2.60. The van der Waals surface area contributed by atoms with E-state index < -0.39 is 0 Å². The van der Waals surface area contributed by atoms with Gasteiger partial charge in [0.25, 0.3) is 0 Å². The number of hydrogen-bond donors (Lipinski definition) is 1. The number of likely N-dealkylation sites (tertiary alicyclic amines) is 1. The zero-order valence-corrected chi connectivity index (χ0v) is 13.8. The average Bonchev–Trinajstić information content (AvgIpc) is 2.52. The molecule has 0 bridgehead atoms. The van der Waals surface area contributed by atoms with Crippen molar-refractivity contribution in [3.05, 3.63) is 35.9 Å². The van der Waals surface area contributed by atoms with Crippen LogP contribution in [0.1, 0.15) is 45.1 Å². The molecule has 1 fully saturated rings. The summed E-state index contributed by atoms with van der Waals surface area (Å²) in [4.78, 5) is 2.43. The SMILES string of the molecule is CC(C)CCC(N)=N/N=C1/CCCN(Cc2ccccc2)C1. The highest BCUT2D eigenvalue weighted by atomic mass is 15.3. The van der Waals surface area contributed by atoms with Crippen LogP contribution in [0.2, 0.25) is 0 Å². The largest absolute Gasteiger partial charge is 0.386 e. The van der Waals surface area contributed by atoms with E-state index in [1.54, 1.807) is 0 Å². The van der Waals surface area contributed by atoms with Gasteiger partial charge in [0, 0.05) is 19.5 Å². The van der Waals surface area contributed by atoms with Gasteiger partial charge in [-0.1, -0.05) is 44.2 Å². The topological polar surface area (TPSA) is 54.0 Å². The van der Waals surface area contributed by atoms with Crippen LogP contribution in [0, 0.1) is 5.92 Å². The molecule has 0 radical (unpaired) electrons. The quantitative estimate of drug-likeness (QED) is 0.497. The van der Waals surface area contributed by atoms with Crippen LogP contribution in [0.15, 0.2) is 40.5 Å². The highest BCUT2D eigenvalue weighted by molar-refractivity contribution is 5.88. The first kappa shape index (κ1) is 16.7. The van der Waals surface area contributed by atoms with Gasteiger partial charge in [-0.3, -0.25) is 4.90 Å². The van der Waals surface area contributed by atoms with Gasteiger partial charge in [-0.05, 0) is 37.3 Å². The lowest BCUT2D eigenvalue weighted by molar-refractivity contribution is 0.283. The van der Waals surface area contributed by atoms with Gasteiger partial charge in [-0.2, -0.15) is 5.10 Å². The first-order valence-corrected chi connectivity index (χ1v) is 8.27. The van der Waals surface area contributed by atoms with Gasteiger partial charge >= 0.3 is 0 Å². The molecule has 0 aliphatic carbocycles. The normalized spacial score (nSPS) is 19.0. The summed E-state index contributed by atoms with van der Waals surface area (Å²) in [6.07, 6.45) is 4.09. The molecule has 1 aliphatic rings. The van der Waals surface area contributed by atoms with Crippen molar-refractivity contribution in [3.63, 3.8) is 0 Å². The molecule has 1 aromatic rings. The van der Waals surface area contributed by atoms with E-state index in [1.807, 2.05) is 0 Å². The Kier molecular flexibility index (Phi) is 6.59. The molecule has 4 heteroatoms. The molecule has 0 amide bonds. The molecular formula is C18H28N4. The summed E-state index contributed by atoms with van der Waals surface area (Å²) in [5.74, 6) is 1.30. The summed E-state index contributed by atoms with van der Waals surface area (Å²) < 4.78 is 0. The summed E-state index contributed by atoms with van der Waals surface area (Å²) >= 11 is 0. The number of hydrogen-bond acceptors (Lipinski definition) is 3. The van der Waals surface area contributed by atoms with Gasteiger partial charge in [0.1, 0.15) is 5.84 Å². The Labute approximate surface area is 134 Å². The van der Waals surface area contributed by atoms with Gasteiger partial charge in [0.05, 0.1) is 5.71 Å². The van der Waals surface area contributed by atoms with Gasteiger partial charge in [0.2, 0.25) is 0 Å². The Bertz CT molecular complexity index is 505. The third-order valence-corrected chi connectivity index (χ3v) is 3.89. The van der Waals surface area contributed by atoms with Crippen LogP contribution in [-0.4, -0.2) is 29.5 Å². The minimum Gasteiger partial charge on any atom is -0.386 e. The molecule has 120 valence electrons. The summed E-state index contributed by atoms with van der Waals surface area (Å²) in [5.41, 5.74) is 8.43. The maximum Gasteiger partial charge on any atom is 0.122 e. The summed E-state index contributed by atoms with van der Waals surface area (Å²) in [6, 6.07) is 10.6. The molecule has 1 heterocycles. The van der Waals surface area contributed by atoms with E-state index in [9.17, 15) is 0 Å². The Hall–Kier alpha value is -1.68. The lowest BCUT2D eigenvalue weighted by atomic mass is 10.1. The predicted octanol–water partition coefficient (Wildman–Crippen LogP) is 3.43. The third kappa shape index (κ3) is 5.98. The van der Waals surface area contributed by atoms with E-state index in [0.29, 0.717) is 11.8 Å². The van der Waals surface area contributed by atoms with Gasteiger partial charge in [0.15, 0.2) is 0 Å². The summed E-state index contributed by atoms with van der Waals surface area (Å²) in [7, 11) is 0. The van der Waals surface area contributed by atoms with Gasteiger partial charge < -0.3 is 5.73 Å². The van der Waals surface area contributed by atoms with Crippen LogP contribution >= 0.6 is 0 Å². The Morgan fingerprint density at radius 3 is 2.77 bits per heavy atom. The number of benzene rings is 1. The number of nitrogens with two attached hydrogens (primary N) is 1. The fourth-order valence-electron chi connectivity index (χ4n) is 2.60. The Balaban J connectivity index is 1.87. The van der Waals surface area contributed by atoms with Crippen molar-refractivity contribution in [2.75, 3.05) is 13.1 Å². The van der Waals surface area contributed by atoms with Crippen molar-refractivity contribution in [1.82, 2.24) is 4.90 Å². The second-order valence-electron chi connectivity index (χ2n) is 6.49. The van der Waals surface area contributed by atoms with Gasteiger partial charge in [-0.15, -0.1) is 5.10 Å². The molecular weight excluding hydrogens is 272 g/mol. The molecule has 0 unspecified atom stereocenters. The molecule has 22 heavy (non-hydrogen) atoms. The molecule has 0 saturated carbocycles. The molecule has 4 nitrogen and oxygen atoms in total. The minimum atomic E-state index is 0.650. The van der Waals surface area contributed by atoms with Crippen molar-refractivity contribution in [3.8, 4) is 0 Å². The minimum absolute atomic E-state index is 0.650. The molecule has 2 rings (SSSR count). The molecule has 1 aromatic carbocycles. The van der Waals surface area contributed by atoms with Crippen LogP contribution in [0.4, 0.5) is 0 Å². The van der Waals surface area contributed by atoms with Crippen LogP contribution < -0.4 is 5.73 Å². The zero-order chi connectivity index (χ0) is 15.8. The zero-order valence-electron chi connectivity index (χ0n) is 13.8. The van der Waals surface area contributed by atoms with Crippen molar-refractivity contribution in [2.45, 2.75) is 46.1 Å². The Morgan fingerprint density at radius 2 is 2.05 bits per heavy atom. The highest BCUT2D eigenvalue weighted by Gasteiger charge is 2.15. The van der Waals surface area contributed by atoms with Crippen LogP contribution in [-0.2, 0) is 6.54 Å². The lowest BCUT2D eigenvalue weighted by Gasteiger charge is -2.27. The van der Waals surface area contributed by atoms with Crippen LogP contribution in [0.25, 0.3) is 0 Å². The van der Waals surface area contributed by atoms with E-state index in [4.69, 9.17) is 5.73 Å². The number of nitrogens with zero attached hydrogens (tertiary/aromatic N) is 3. The van der Waals surface area contributed by atoms with Gasteiger partial charge in [-0.25, -0.2) is 0 Å². The number of piperidine rings is 1. The highest BCUT2D eigenvalue weighted by Crippen LogP contribution is 2.12. The maximum absolute atomic E-state index is 5.93.